The Morgan fingerprint density at radius 3 is 2.75 bits per heavy atom. The van der Waals surface area contributed by atoms with Gasteiger partial charge in [0.2, 0.25) is 5.91 Å². The lowest BCUT2D eigenvalue weighted by atomic mass is 10.1. The molecule has 0 saturated heterocycles. The zero-order chi connectivity index (χ0) is 14.7. The number of thiophene rings is 1. The average Bonchev–Trinajstić information content (AvgIpc) is 2.96. The van der Waals surface area contributed by atoms with Gasteiger partial charge in [-0.3, -0.25) is 9.59 Å². The Bertz CT molecular complexity index is 669. The quantitative estimate of drug-likeness (QED) is 0.849. The number of carbonyl (C=O) groups is 2. The van der Waals surface area contributed by atoms with Gasteiger partial charge >= 0.3 is 0 Å². The minimum Gasteiger partial charge on any atom is -0.465 e. The van der Waals surface area contributed by atoms with Gasteiger partial charge in [-0.05, 0) is 37.6 Å². The lowest BCUT2D eigenvalue weighted by Gasteiger charge is -2.01. The molecule has 0 unspecified atom stereocenters. The van der Waals surface area contributed by atoms with E-state index < -0.39 is 5.91 Å². The molecule has 6 heteroatoms. The molecule has 2 amide bonds. The van der Waals surface area contributed by atoms with Crippen molar-refractivity contribution in [1.29, 1.82) is 0 Å². The standard InChI is InChI=1S/C14H14N2O3S/c1-8-9(2)20-14(12(8)13(15)18)16-11(17)6-5-10-4-3-7-19-10/h3-7H,1-2H3,(H2,15,18)(H,16,17)/b6-5+. The van der Waals surface area contributed by atoms with E-state index in [1.54, 1.807) is 25.1 Å². The first-order valence-corrected chi connectivity index (χ1v) is 6.73. The zero-order valence-corrected chi connectivity index (χ0v) is 11.9. The smallest absolute Gasteiger partial charge is 0.251 e. The van der Waals surface area contributed by atoms with Crippen LogP contribution in [0.25, 0.3) is 6.08 Å². The molecule has 20 heavy (non-hydrogen) atoms. The Morgan fingerprint density at radius 2 is 2.15 bits per heavy atom. The average molecular weight is 290 g/mol. The highest BCUT2D eigenvalue weighted by molar-refractivity contribution is 7.16. The molecule has 0 atom stereocenters. The largest absolute Gasteiger partial charge is 0.465 e. The predicted octanol–water partition coefficient (Wildman–Crippen LogP) is 2.71. The number of primary amides is 1. The van der Waals surface area contributed by atoms with Gasteiger partial charge in [0.05, 0.1) is 11.8 Å². The first kappa shape index (κ1) is 14.1. The van der Waals surface area contributed by atoms with Crippen LogP contribution in [-0.2, 0) is 4.79 Å². The first-order chi connectivity index (χ1) is 9.49. The molecule has 0 bridgehead atoms. The molecule has 2 heterocycles. The van der Waals surface area contributed by atoms with Gasteiger partial charge in [0, 0.05) is 11.0 Å². The maximum atomic E-state index is 11.8. The SMILES string of the molecule is Cc1sc(NC(=O)/C=C/c2ccco2)c(C(N)=O)c1C. The molecule has 0 fully saturated rings. The summed E-state index contributed by atoms with van der Waals surface area (Å²) in [5.74, 6) is -0.309. The summed E-state index contributed by atoms with van der Waals surface area (Å²) in [5.41, 5.74) is 6.51. The molecule has 0 aromatic carbocycles. The third-order valence-electron chi connectivity index (χ3n) is 2.81. The van der Waals surface area contributed by atoms with Gasteiger partial charge in [-0.2, -0.15) is 0 Å². The van der Waals surface area contributed by atoms with Gasteiger partial charge in [-0.25, -0.2) is 0 Å². The van der Waals surface area contributed by atoms with Crippen LogP contribution in [0.15, 0.2) is 28.9 Å². The number of nitrogens with one attached hydrogen (secondary N) is 1. The van der Waals surface area contributed by atoms with E-state index in [4.69, 9.17) is 10.2 Å². The van der Waals surface area contributed by atoms with Crippen LogP contribution >= 0.6 is 11.3 Å². The second-order valence-electron chi connectivity index (χ2n) is 4.19. The topological polar surface area (TPSA) is 85.3 Å². The molecule has 0 aliphatic rings. The van der Waals surface area contributed by atoms with Crippen molar-refractivity contribution >= 4 is 34.2 Å². The molecule has 0 aliphatic carbocycles. The highest BCUT2D eigenvalue weighted by Crippen LogP contribution is 2.31. The number of furan rings is 1. The van der Waals surface area contributed by atoms with E-state index in [0.29, 0.717) is 16.3 Å². The Balaban J connectivity index is 2.16. The van der Waals surface area contributed by atoms with Crippen molar-refractivity contribution in [3.8, 4) is 0 Å². The summed E-state index contributed by atoms with van der Waals surface area (Å²) in [6.07, 6.45) is 4.41. The summed E-state index contributed by atoms with van der Waals surface area (Å²) in [6, 6.07) is 3.47. The molecule has 0 aliphatic heterocycles. The van der Waals surface area contributed by atoms with Crippen molar-refractivity contribution in [2.75, 3.05) is 5.32 Å². The Hall–Kier alpha value is -2.34. The van der Waals surface area contributed by atoms with E-state index in [-0.39, 0.29) is 5.91 Å². The number of nitrogens with two attached hydrogens (primary N) is 1. The molecular formula is C14H14N2O3S. The Morgan fingerprint density at radius 1 is 1.40 bits per heavy atom. The summed E-state index contributed by atoms with van der Waals surface area (Å²) in [7, 11) is 0. The minimum absolute atomic E-state index is 0.342. The summed E-state index contributed by atoms with van der Waals surface area (Å²) in [5, 5.41) is 3.14. The molecule has 0 radical (unpaired) electrons. The van der Waals surface area contributed by atoms with Gasteiger partial charge in [0.1, 0.15) is 10.8 Å². The number of amides is 2. The molecule has 104 valence electrons. The van der Waals surface area contributed by atoms with Gasteiger partial charge in [-0.15, -0.1) is 11.3 Å². The minimum atomic E-state index is -0.544. The normalized spacial score (nSPS) is 10.9. The van der Waals surface area contributed by atoms with Gasteiger partial charge in [0.15, 0.2) is 0 Å². The highest BCUT2D eigenvalue weighted by Gasteiger charge is 2.18. The fraction of sp³-hybridized carbons (Fsp3) is 0.143. The van der Waals surface area contributed by atoms with Crippen LogP contribution in [-0.4, -0.2) is 11.8 Å². The number of aryl methyl sites for hydroxylation is 1. The van der Waals surface area contributed by atoms with E-state index in [1.807, 2.05) is 6.92 Å². The van der Waals surface area contributed by atoms with Crippen molar-refractivity contribution < 1.29 is 14.0 Å². The van der Waals surface area contributed by atoms with Crippen molar-refractivity contribution in [1.82, 2.24) is 0 Å². The van der Waals surface area contributed by atoms with Crippen LogP contribution < -0.4 is 11.1 Å². The predicted molar refractivity (Wildman–Crippen MR) is 78.7 cm³/mol. The van der Waals surface area contributed by atoms with E-state index in [2.05, 4.69) is 5.32 Å². The van der Waals surface area contributed by atoms with Crippen LogP contribution in [0.2, 0.25) is 0 Å². The van der Waals surface area contributed by atoms with Crippen LogP contribution in [0.4, 0.5) is 5.00 Å². The van der Waals surface area contributed by atoms with E-state index in [1.165, 1.54) is 23.7 Å². The zero-order valence-electron chi connectivity index (χ0n) is 11.1. The van der Waals surface area contributed by atoms with Crippen molar-refractivity contribution in [3.05, 3.63) is 46.2 Å². The van der Waals surface area contributed by atoms with E-state index in [0.717, 1.165) is 10.4 Å². The molecule has 0 spiro atoms. The summed E-state index contributed by atoms with van der Waals surface area (Å²) < 4.78 is 5.08. The van der Waals surface area contributed by atoms with E-state index >= 15 is 0 Å². The first-order valence-electron chi connectivity index (χ1n) is 5.91. The fourth-order valence-corrected chi connectivity index (χ4v) is 2.78. The third kappa shape index (κ3) is 2.97. The maximum Gasteiger partial charge on any atom is 0.251 e. The highest BCUT2D eigenvalue weighted by atomic mass is 32.1. The van der Waals surface area contributed by atoms with Gasteiger partial charge in [-0.1, -0.05) is 0 Å². The number of anilines is 1. The Kier molecular flexibility index (Phi) is 4.05. The Labute approximate surface area is 120 Å². The lowest BCUT2D eigenvalue weighted by molar-refractivity contribution is -0.111. The number of carbonyl (C=O) groups excluding carboxylic acids is 2. The van der Waals surface area contributed by atoms with Gasteiger partial charge in [0.25, 0.3) is 5.91 Å². The molecular weight excluding hydrogens is 276 g/mol. The van der Waals surface area contributed by atoms with Crippen molar-refractivity contribution in [2.24, 2.45) is 5.73 Å². The molecule has 2 aromatic heterocycles. The molecule has 5 nitrogen and oxygen atoms in total. The summed E-state index contributed by atoms with van der Waals surface area (Å²) in [4.78, 5) is 24.2. The van der Waals surface area contributed by atoms with Crippen molar-refractivity contribution in [3.63, 3.8) is 0 Å². The third-order valence-corrected chi connectivity index (χ3v) is 3.93. The van der Waals surface area contributed by atoms with Crippen LogP contribution in [0.3, 0.4) is 0 Å². The van der Waals surface area contributed by atoms with Crippen LogP contribution in [0.1, 0.15) is 26.6 Å². The molecule has 0 saturated carbocycles. The molecule has 2 aromatic rings. The molecule has 3 N–H and O–H groups in total. The number of rotatable bonds is 4. The van der Waals surface area contributed by atoms with E-state index in [9.17, 15) is 9.59 Å². The second kappa shape index (κ2) is 5.75. The van der Waals surface area contributed by atoms with Gasteiger partial charge < -0.3 is 15.5 Å². The summed E-state index contributed by atoms with van der Waals surface area (Å²) >= 11 is 1.33. The fourth-order valence-electron chi connectivity index (χ4n) is 1.71. The van der Waals surface area contributed by atoms with Crippen LogP contribution in [0, 0.1) is 13.8 Å². The summed E-state index contributed by atoms with van der Waals surface area (Å²) in [6.45, 7) is 3.68. The van der Waals surface area contributed by atoms with Crippen molar-refractivity contribution in [2.45, 2.75) is 13.8 Å². The lowest BCUT2D eigenvalue weighted by Crippen LogP contribution is -2.16. The van der Waals surface area contributed by atoms with Crippen LogP contribution in [0.5, 0.6) is 0 Å². The molecule has 2 rings (SSSR count). The number of hydrogen-bond acceptors (Lipinski definition) is 4. The maximum absolute atomic E-state index is 11.8. The number of hydrogen-bond donors (Lipinski definition) is 2. The monoisotopic (exact) mass is 290 g/mol. The second-order valence-corrected chi connectivity index (χ2v) is 5.41.